The monoisotopic (exact) mass is 256 g/mol. The average molecular weight is 256 g/mol. The Hall–Kier alpha value is -2.23. The Morgan fingerprint density at radius 3 is 2.68 bits per heavy atom. The van der Waals surface area contributed by atoms with Gasteiger partial charge in [-0.15, -0.1) is 0 Å². The lowest BCUT2D eigenvalue weighted by Crippen LogP contribution is -2.15. The fourth-order valence-corrected chi connectivity index (χ4v) is 2.25. The molecule has 2 atom stereocenters. The number of carbonyl (C=O) groups excluding carboxylic acids is 1. The Kier molecular flexibility index (Phi) is 2.99. The molecule has 4 heteroatoms. The average Bonchev–Trinajstić information content (AvgIpc) is 3.20. The Morgan fingerprint density at radius 1 is 1.16 bits per heavy atom. The van der Waals surface area contributed by atoms with E-state index >= 15 is 0 Å². The molecule has 1 saturated carbocycles. The minimum Gasteiger partial charge on any atom is -0.310 e. The van der Waals surface area contributed by atoms with Crippen LogP contribution >= 0.6 is 0 Å². The number of aromatic nitrogens is 1. The van der Waals surface area contributed by atoms with Crippen LogP contribution < -0.4 is 5.32 Å². The highest BCUT2D eigenvalue weighted by Gasteiger charge is 2.43. The smallest absolute Gasteiger partial charge is 0.229 e. The highest BCUT2D eigenvalue weighted by Crippen LogP contribution is 2.47. The molecule has 1 aliphatic carbocycles. The maximum atomic E-state index is 12.9. The molecular formula is C15H13FN2O. The Balaban J connectivity index is 1.64. The van der Waals surface area contributed by atoms with Crippen LogP contribution in [0.2, 0.25) is 0 Å². The molecule has 2 aromatic rings. The third-order valence-electron chi connectivity index (χ3n) is 3.32. The summed E-state index contributed by atoms with van der Waals surface area (Å²) < 4.78 is 12.9. The van der Waals surface area contributed by atoms with Gasteiger partial charge < -0.3 is 5.32 Å². The summed E-state index contributed by atoms with van der Waals surface area (Å²) in [6, 6.07) is 14.3. The fourth-order valence-electron chi connectivity index (χ4n) is 2.25. The summed E-state index contributed by atoms with van der Waals surface area (Å²) in [6.07, 6.45) is 0.838. The summed E-state index contributed by atoms with van der Waals surface area (Å²) in [7, 11) is 0. The van der Waals surface area contributed by atoms with Crippen molar-refractivity contribution in [1.82, 2.24) is 4.98 Å². The summed E-state index contributed by atoms with van der Waals surface area (Å²) in [5.41, 5.74) is 1.18. The van der Waals surface area contributed by atoms with Crippen molar-refractivity contribution in [3.63, 3.8) is 0 Å². The second kappa shape index (κ2) is 4.80. The number of pyridine rings is 1. The third-order valence-corrected chi connectivity index (χ3v) is 3.32. The molecule has 19 heavy (non-hydrogen) atoms. The summed E-state index contributed by atoms with van der Waals surface area (Å²) in [6.45, 7) is 0. The van der Waals surface area contributed by atoms with Gasteiger partial charge in [0, 0.05) is 5.92 Å². The Morgan fingerprint density at radius 2 is 1.95 bits per heavy atom. The topological polar surface area (TPSA) is 42.0 Å². The molecule has 0 aliphatic heterocycles. The van der Waals surface area contributed by atoms with Crippen LogP contribution in [0.1, 0.15) is 17.9 Å². The standard InChI is InChI=1S/C15H13FN2O/c16-13-7-4-8-14(17-13)18-15(19)12-9-11(12)10-5-2-1-3-6-10/h1-8,11-12H,9H2,(H,17,18,19). The SMILES string of the molecule is O=C(Nc1cccc(F)n1)C1CC1c1ccccc1. The molecule has 1 aliphatic rings. The van der Waals surface area contributed by atoms with Crippen LogP contribution in [-0.2, 0) is 4.79 Å². The summed E-state index contributed by atoms with van der Waals surface area (Å²) in [5.74, 6) is -0.175. The molecule has 0 radical (unpaired) electrons. The number of amides is 1. The van der Waals surface area contributed by atoms with Gasteiger partial charge in [0.15, 0.2) is 0 Å². The van der Waals surface area contributed by atoms with Gasteiger partial charge >= 0.3 is 0 Å². The third kappa shape index (κ3) is 2.62. The molecule has 96 valence electrons. The molecule has 0 bridgehead atoms. The van der Waals surface area contributed by atoms with Crippen molar-refractivity contribution in [2.45, 2.75) is 12.3 Å². The molecule has 0 saturated heterocycles. The second-order valence-electron chi connectivity index (χ2n) is 4.69. The van der Waals surface area contributed by atoms with Crippen LogP contribution in [0.15, 0.2) is 48.5 Å². The van der Waals surface area contributed by atoms with Crippen molar-refractivity contribution >= 4 is 11.7 Å². The predicted molar refractivity (Wildman–Crippen MR) is 70.1 cm³/mol. The van der Waals surface area contributed by atoms with Crippen molar-refractivity contribution < 1.29 is 9.18 Å². The van der Waals surface area contributed by atoms with E-state index in [2.05, 4.69) is 10.3 Å². The van der Waals surface area contributed by atoms with Gasteiger partial charge in [-0.05, 0) is 30.0 Å². The molecule has 1 fully saturated rings. The zero-order chi connectivity index (χ0) is 13.2. The van der Waals surface area contributed by atoms with Crippen LogP contribution in [-0.4, -0.2) is 10.9 Å². The highest BCUT2D eigenvalue weighted by molar-refractivity contribution is 5.94. The van der Waals surface area contributed by atoms with E-state index < -0.39 is 5.95 Å². The van der Waals surface area contributed by atoms with Gasteiger partial charge in [0.1, 0.15) is 5.82 Å². The normalized spacial score (nSPS) is 20.9. The van der Waals surface area contributed by atoms with Crippen molar-refractivity contribution in [1.29, 1.82) is 0 Å². The molecule has 3 nitrogen and oxygen atoms in total. The number of hydrogen-bond acceptors (Lipinski definition) is 2. The number of nitrogens with zero attached hydrogens (tertiary/aromatic N) is 1. The van der Waals surface area contributed by atoms with E-state index in [-0.39, 0.29) is 23.6 Å². The van der Waals surface area contributed by atoms with E-state index in [0.717, 1.165) is 6.42 Å². The number of halogens is 1. The van der Waals surface area contributed by atoms with Crippen molar-refractivity contribution in [2.75, 3.05) is 5.32 Å². The van der Waals surface area contributed by atoms with Crippen molar-refractivity contribution in [3.05, 3.63) is 60.0 Å². The van der Waals surface area contributed by atoms with Gasteiger partial charge in [0.2, 0.25) is 11.9 Å². The van der Waals surface area contributed by atoms with Crippen molar-refractivity contribution in [2.24, 2.45) is 5.92 Å². The van der Waals surface area contributed by atoms with Gasteiger partial charge in [-0.1, -0.05) is 36.4 Å². The molecule has 1 aromatic carbocycles. The lowest BCUT2D eigenvalue weighted by Gasteiger charge is -2.04. The van der Waals surface area contributed by atoms with E-state index in [0.29, 0.717) is 0 Å². The van der Waals surface area contributed by atoms with Crippen LogP contribution in [0.25, 0.3) is 0 Å². The molecule has 1 aromatic heterocycles. The minimum atomic E-state index is -0.590. The number of nitrogens with one attached hydrogen (secondary N) is 1. The van der Waals surface area contributed by atoms with E-state index in [1.54, 1.807) is 6.07 Å². The first-order valence-corrected chi connectivity index (χ1v) is 6.22. The lowest BCUT2D eigenvalue weighted by molar-refractivity contribution is -0.117. The molecular weight excluding hydrogens is 243 g/mol. The first-order valence-electron chi connectivity index (χ1n) is 6.22. The molecule has 0 spiro atoms. The first kappa shape index (κ1) is 11.8. The largest absolute Gasteiger partial charge is 0.310 e. The number of benzene rings is 1. The van der Waals surface area contributed by atoms with Crippen LogP contribution in [0, 0.1) is 11.9 Å². The number of carbonyl (C=O) groups is 1. The van der Waals surface area contributed by atoms with Crippen LogP contribution in [0.3, 0.4) is 0 Å². The first-order chi connectivity index (χ1) is 9.24. The minimum absolute atomic E-state index is 0.0348. The van der Waals surface area contributed by atoms with Crippen LogP contribution in [0.4, 0.5) is 10.2 Å². The van der Waals surface area contributed by atoms with Gasteiger partial charge in [0.05, 0.1) is 0 Å². The number of rotatable bonds is 3. The van der Waals surface area contributed by atoms with Gasteiger partial charge in [-0.3, -0.25) is 4.79 Å². The number of hydrogen-bond donors (Lipinski definition) is 1. The van der Waals surface area contributed by atoms with E-state index in [4.69, 9.17) is 0 Å². The van der Waals surface area contributed by atoms with E-state index in [1.165, 1.54) is 17.7 Å². The van der Waals surface area contributed by atoms with Gasteiger partial charge in [0.25, 0.3) is 0 Å². The Bertz CT molecular complexity index is 600. The fraction of sp³-hybridized carbons (Fsp3) is 0.200. The quantitative estimate of drug-likeness (QED) is 0.858. The van der Waals surface area contributed by atoms with E-state index in [9.17, 15) is 9.18 Å². The van der Waals surface area contributed by atoms with Gasteiger partial charge in [-0.2, -0.15) is 4.39 Å². The zero-order valence-corrected chi connectivity index (χ0v) is 10.2. The summed E-state index contributed by atoms with van der Waals surface area (Å²) in [5, 5.41) is 2.65. The molecule has 1 N–H and O–H groups in total. The van der Waals surface area contributed by atoms with Crippen LogP contribution in [0.5, 0.6) is 0 Å². The Labute approximate surface area is 110 Å². The zero-order valence-electron chi connectivity index (χ0n) is 10.2. The summed E-state index contributed by atoms with van der Waals surface area (Å²) >= 11 is 0. The molecule has 3 rings (SSSR count). The molecule has 1 amide bonds. The molecule has 2 unspecified atom stereocenters. The molecule has 1 heterocycles. The number of anilines is 1. The maximum Gasteiger partial charge on any atom is 0.229 e. The predicted octanol–water partition coefficient (Wildman–Crippen LogP) is 2.96. The lowest BCUT2D eigenvalue weighted by atomic mass is 10.1. The second-order valence-corrected chi connectivity index (χ2v) is 4.69. The maximum absolute atomic E-state index is 12.9. The van der Waals surface area contributed by atoms with Gasteiger partial charge in [-0.25, -0.2) is 4.98 Å². The van der Waals surface area contributed by atoms with E-state index in [1.807, 2.05) is 30.3 Å². The summed E-state index contributed by atoms with van der Waals surface area (Å²) in [4.78, 5) is 15.6. The van der Waals surface area contributed by atoms with Crippen molar-refractivity contribution in [3.8, 4) is 0 Å². The highest BCUT2D eigenvalue weighted by atomic mass is 19.1.